The second-order valence-electron chi connectivity index (χ2n) is 5.31. The Hall–Kier alpha value is -0.250. The Morgan fingerprint density at radius 1 is 1.06 bits per heavy atom. The zero-order valence-electron chi connectivity index (χ0n) is 11.5. The monoisotopic (exact) mass is 253 g/mol. The Kier molecular flexibility index (Phi) is 7.14. The molecule has 0 aromatic rings. The van der Waals surface area contributed by atoms with Gasteiger partial charge in [-0.25, -0.2) is 0 Å². The highest BCUT2D eigenvalue weighted by molar-refractivity contribution is 4.80. The van der Waals surface area contributed by atoms with Gasteiger partial charge in [-0.1, -0.05) is 40.0 Å². The molecule has 17 heavy (non-hydrogen) atoms. The average Bonchev–Trinajstić information content (AvgIpc) is 2.22. The highest BCUT2D eigenvalue weighted by atomic mass is 19.4. The second kappa shape index (κ2) is 7.24. The summed E-state index contributed by atoms with van der Waals surface area (Å²) in [4.78, 5) is 0. The minimum absolute atomic E-state index is 0.00965. The summed E-state index contributed by atoms with van der Waals surface area (Å²) in [5, 5.41) is 2.63. The molecule has 0 amide bonds. The molecule has 4 heteroatoms. The molecule has 2 atom stereocenters. The highest BCUT2D eigenvalue weighted by Gasteiger charge is 2.36. The van der Waals surface area contributed by atoms with Crippen molar-refractivity contribution in [2.75, 3.05) is 6.54 Å². The minimum atomic E-state index is -4.14. The quantitative estimate of drug-likeness (QED) is 0.670. The molecule has 0 aliphatic carbocycles. The zero-order chi connectivity index (χ0) is 13.5. The molecule has 0 unspecified atom stereocenters. The van der Waals surface area contributed by atoms with E-state index < -0.39 is 12.2 Å². The lowest BCUT2D eigenvalue weighted by molar-refractivity contribution is -0.152. The number of hydrogen-bond acceptors (Lipinski definition) is 1. The predicted octanol–water partition coefficient (Wildman–Crippen LogP) is 4.52. The van der Waals surface area contributed by atoms with E-state index in [1.54, 1.807) is 0 Å². The second-order valence-corrected chi connectivity index (χ2v) is 5.31. The van der Waals surface area contributed by atoms with Crippen molar-refractivity contribution in [2.45, 2.75) is 72.0 Å². The molecule has 0 fully saturated rings. The van der Waals surface area contributed by atoms with Gasteiger partial charge in [-0.2, -0.15) is 13.2 Å². The zero-order valence-corrected chi connectivity index (χ0v) is 11.5. The Morgan fingerprint density at radius 3 is 2.06 bits per heavy atom. The standard InChI is InChI=1S/C13H26F3N/c1-5-7-9-12(4,8-6-2)10-17-11(3)13(14,15)16/h11,17H,5-10H2,1-4H3/t11-,12-/m1/s1. The Labute approximate surface area is 103 Å². The summed E-state index contributed by atoms with van der Waals surface area (Å²) in [6.45, 7) is 7.91. The van der Waals surface area contributed by atoms with Crippen molar-refractivity contribution in [1.82, 2.24) is 5.32 Å². The molecule has 0 aromatic carbocycles. The number of alkyl halides is 3. The summed E-state index contributed by atoms with van der Waals surface area (Å²) >= 11 is 0. The lowest BCUT2D eigenvalue weighted by atomic mass is 9.80. The first-order valence-electron chi connectivity index (χ1n) is 6.55. The Balaban J connectivity index is 4.25. The average molecular weight is 253 g/mol. The molecule has 0 aliphatic rings. The van der Waals surface area contributed by atoms with Gasteiger partial charge in [-0.15, -0.1) is 0 Å². The first-order valence-corrected chi connectivity index (χ1v) is 6.55. The van der Waals surface area contributed by atoms with Gasteiger partial charge in [-0.05, 0) is 25.2 Å². The van der Waals surface area contributed by atoms with Crippen LogP contribution in [0.4, 0.5) is 13.2 Å². The van der Waals surface area contributed by atoms with E-state index in [9.17, 15) is 13.2 Å². The van der Waals surface area contributed by atoms with Crippen molar-refractivity contribution in [3.63, 3.8) is 0 Å². The first kappa shape index (κ1) is 16.8. The molecule has 0 saturated carbocycles. The maximum absolute atomic E-state index is 12.4. The van der Waals surface area contributed by atoms with E-state index in [0.717, 1.165) is 32.1 Å². The van der Waals surface area contributed by atoms with Gasteiger partial charge in [0.25, 0.3) is 0 Å². The van der Waals surface area contributed by atoms with Crippen LogP contribution in [-0.2, 0) is 0 Å². The maximum Gasteiger partial charge on any atom is 0.403 e. The number of nitrogens with one attached hydrogen (secondary N) is 1. The van der Waals surface area contributed by atoms with Crippen LogP contribution in [0, 0.1) is 5.41 Å². The molecule has 0 saturated heterocycles. The van der Waals surface area contributed by atoms with Gasteiger partial charge < -0.3 is 5.32 Å². The molecule has 0 spiro atoms. The van der Waals surface area contributed by atoms with Gasteiger partial charge in [0.05, 0.1) is 0 Å². The van der Waals surface area contributed by atoms with Crippen molar-refractivity contribution >= 4 is 0 Å². The number of hydrogen-bond donors (Lipinski definition) is 1. The summed E-state index contributed by atoms with van der Waals surface area (Å²) in [6, 6.07) is -1.42. The molecule has 104 valence electrons. The van der Waals surface area contributed by atoms with Crippen LogP contribution in [0.1, 0.15) is 59.8 Å². The molecule has 0 bridgehead atoms. The molecular weight excluding hydrogens is 227 g/mol. The minimum Gasteiger partial charge on any atom is -0.306 e. The topological polar surface area (TPSA) is 12.0 Å². The Morgan fingerprint density at radius 2 is 1.65 bits per heavy atom. The first-order chi connectivity index (χ1) is 7.75. The molecule has 0 radical (unpaired) electrons. The fraction of sp³-hybridized carbons (Fsp3) is 1.00. The van der Waals surface area contributed by atoms with Crippen LogP contribution < -0.4 is 5.32 Å². The summed E-state index contributed by atoms with van der Waals surface area (Å²) in [7, 11) is 0. The highest BCUT2D eigenvalue weighted by Crippen LogP contribution is 2.30. The van der Waals surface area contributed by atoms with Crippen LogP contribution in [0.15, 0.2) is 0 Å². The van der Waals surface area contributed by atoms with Crippen molar-refractivity contribution in [2.24, 2.45) is 5.41 Å². The smallest absolute Gasteiger partial charge is 0.306 e. The third kappa shape index (κ3) is 6.92. The van der Waals surface area contributed by atoms with Crippen LogP contribution in [0.25, 0.3) is 0 Å². The molecular formula is C13H26F3N. The van der Waals surface area contributed by atoms with Crippen LogP contribution in [-0.4, -0.2) is 18.8 Å². The summed E-state index contributed by atoms with van der Waals surface area (Å²) in [6.07, 6.45) is 1.02. The molecule has 0 aromatic heterocycles. The summed E-state index contributed by atoms with van der Waals surface area (Å²) in [5.41, 5.74) is -0.00965. The van der Waals surface area contributed by atoms with E-state index in [-0.39, 0.29) is 5.41 Å². The van der Waals surface area contributed by atoms with Crippen LogP contribution in [0.2, 0.25) is 0 Å². The van der Waals surface area contributed by atoms with E-state index in [4.69, 9.17) is 0 Å². The lowest BCUT2D eigenvalue weighted by Crippen LogP contribution is -2.44. The molecule has 1 N–H and O–H groups in total. The lowest BCUT2D eigenvalue weighted by Gasteiger charge is -2.31. The SMILES string of the molecule is CCCC[C@@](C)(CCC)CN[C@H](C)C(F)(F)F. The van der Waals surface area contributed by atoms with Crippen LogP contribution in [0.3, 0.4) is 0 Å². The number of rotatable bonds is 8. The summed E-state index contributed by atoms with van der Waals surface area (Å²) < 4.78 is 37.2. The van der Waals surface area contributed by atoms with Gasteiger partial charge in [0, 0.05) is 6.54 Å². The van der Waals surface area contributed by atoms with Crippen molar-refractivity contribution in [1.29, 1.82) is 0 Å². The third-order valence-electron chi connectivity index (χ3n) is 3.31. The van der Waals surface area contributed by atoms with Gasteiger partial charge in [-0.3, -0.25) is 0 Å². The predicted molar refractivity (Wildman–Crippen MR) is 66.1 cm³/mol. The summed E-state index contributed by atoms with van der Waals surface area (Å²) in [5.74, 6) is 0. The molecule has 0 aliphatic heterocycles. The van der Waals surface area contributed by atoms with Gasteiger partial charge in [0.1, 0.15) is 6.04 Å². The van der Waals surface area contributed by atoms with Gasteiger partial charge in [0.15, 0.2) is 0 Å². The van der Waals surface area contributed by atoms with E-state index >= 15 is 0 Å². The molecule has 1 nitrogen and oxygen atoms in total. The Bertz CT molecular complexity index is 203. The van der Waals surface area contributed by atoms with Crippen molar-refractivity contribution in [3.8, 4) is 0 Å². The molecule has 0 rings (SSSR count). The van der Waals surface area contributed by atoms with Gasteiger partial charge in [0.2, 0.25) is 0 Å². The van der Waals surface area contributed by atoms with E-state index in [1.165, 1.54) is 6.92 Å². The fourth-order valence-corrected chi connectivity index (χ4v) is 2.02. The fourth-order valence-electron chi connectivity index (χ4n) is 2.02. The normalized spacial score (nSPS) is 17.8. The number of unbranched alkanes of at least 4 members (excludes halogenated alkanes) is 1. The maximum atomic E-state index is 12.4. The van der Waals surface area contributed by atoms with Crippen LogP contribution in [0.5, 0.6) is 0 Å². The van der Waals surface area contributed by atoms with E-state index in [0.29, 0.717) is 6.54 Å². The van der Waals surface area contributed by atoms with Gasteiger partial charge >= 0.3 is 6.18 Å². The van der Waals surface area contributed by atoms with E-state index in [2.05, 4.69) is 26.1 Å². The van der Waals surface area contributed by atoms with Crippen molar-refractivity contribution in [3.05, 3.63) is 0 Å². The largest absolute Gasteiger partial charge is 0.403 e. The molecule has 0 heterocycles. The van der Waals surface area contributed by atoms with Crippen LogP contribution >= 0.6 is 0 Å². The van der Waals surface area contributed by atoms with Crippen molar-refractivity contribution < 1.29 is 13.2 Å². The third-order valence-corrected chi connectivity index (χ3v) is 3.31. The van der Waals surface area contributed by atoms with E-state index in [1.807, 2.05) is 0 Å². The number of halogens is 3.